The summed E-state index contributed by atoms with van der Waals surface area (Å²) in [4.78, 5) is 35.3. The van der Waals surface area contributed by atoms with E-state index >= 15 is 0 Å². The quantitative estimate of drug-likeness (QED) is 0.0264. The fourth-order valence-electron chi connectivity index (χ4n) is 10.2. The topological polar surface area (TPSA) is 134 Å². The van der Waals surface area contributed by atoms with Crippen LogP contribution >= 0.6 is 7.82 Å². The second-order valence-electron chi connectivity index (χ2n) is 23.0. The van der Waals surface area contributed by atoms with E-state index in [0.29, 0.717) is 6.42 Å². The number of carbonyl (C=O) groups excluding carboxylic acids is 2. The molecule has 0 aliphatic rings. The predicted octanol–water partition coefficient (Wildman–Crippen LogP) is 22.1. The number of carbonyl (C=O) groups is 2. The van der Waals surface area contributed by atoms with Crippen molar-refractivity contribution in [1.82, 2.24) is 0 Å². The molecule has 0 rings (SSSR count). The van der Waals surface area contributed by atoms with Gasteiger partial charge in [0.15, 0.2) is 6.10 Å². The molecule has 0 saturated heterocycles. The predicted molar refractivity (Wildman–Crippen MR) is 340 cm³/mol. The SMILES string of the molecule is CC/C=C\C/C=C\C/C=C\C/C=C\CCCCCCCCCCCCCCCCCCCCCCCCCCC(=O)OC(COC(=O)CCCCCCCCCCCCCCCCCCCCCCC)COP(=O)(O)OCCN. The van der Waals surface area contributed by atoms with Crippen LogP contribution in [0.15, 0.2) is 48.6 Å². The summed E-state index contributed by atoms with van der Waals surface area (Å²) in [7, 11) is -4.39. The molecule has 0 aromatic rings. The lowest BCUT2D eigenvalue weighted by Gasteiger charge is -2.19. The van der Waals surface area contributed by atoms with Crippen molar-refractivity contribution in [1.29, 1.82) is 0 Å². The van der Waals surface area contributed by atoms with Gasteiger partial charge in [-0.1, -0.05) is 332 Å². The summed E-state index contributed by atoms with van der Waals surface area (Å²) in [5.74, 6) is -0.805. The molecule has 0 aromatic heterocycles. The van der Waals surface area contributed by atoms with E-state index in [0.717, 1.165) is 57.8 Å². The molecule has 9 nitrogen and oxygen atoms in total. The Morgan fingerprint density at radius 2 is 0.696 bits per heavy atom. The normalized spacial score (nSPS) is 13.2. The molecule has 0 bridgehead atoms. The first kappa shape index (κ1) is 77.0. The number of nitrogens with two attached hydrogens (primary N) is 1. The molecule has 2 unspecified atom stereocenters. The summed E-state index contributed by atoms with van der Waals surface area (Å²) in [6.45, 7) is 3.70. The molecule has 79 heavy (non-hydrogen) atoms. The minimum atomic E-state index is -4.39. The Labute approximate surface area is 489 Å². The van der Waals surface area contributed by atoms with Gasteiger partial charge in [0.1, 0.15) is 6.61 Å². The maximum Gasteiger partial charge on any atom is 0.472 e. The zero-order valence-corrected chi connectivity index (χ0v) is 53.0. The van der Waals surface area contributed by atoms with Crippen LogP contribution in [0, 0.1) is 0 Å². The standard InChI is InChI=1S/C69H130NO8P/c1-3-5-7-9-11-13-15-17-19-21-23-25-26-27-28-29-30-31-32-33-34-35-36-37-38-39-40-42-44-46-48-50-52-54-56-58-60-62-69(72)78-67(66-77-79(73,74)76-64-63-70)65-75-68(71)61-59-57-55-53-51-49-47-45-43-41-24-22-20-18-16-14-12-10-8-6-4-2/h5,7,11,13,17,19,23,25,67H,3-4,6,8-10,12,14-16,18,20-22,24,26-66,70H2,1-2H3,(H,73,74)/b7-5-,13-11-,19-17-,25-23-. The molecule has 0 aromatic carbocycles. The molecule has 0 aliphatic heterocycles. The number of hydrogen-bond acceptors (Lipinski definition) is 8. The molecule has 0 spiro atoms. The molecule has 3 N–H and O–H groups in total. The van der Waals surface area contributed by atoms with Gasteiger partial charge in [-0.05, 0) is 51.4 Å². The molecule has 0 radical (unpaired) electrons. The van der Waals surface area contributed by atoms with E-state index in [9.17, 15) is 19.0 Å². The molecule has 0 heterocycles. The summed E-state index contributed by atoms with van der Waals surface area (Å²) in [5.41, 5.74) is 5.40. The Hall–Kier alpha value is -2.03. The van der Waals surface area contributed by atoms with E-state index < -0.39 is 26.5 Å². The lowest BCUT2D eigenvalue weighted by atomic mass is 10.0. The molecular weight excluding hydrogens is 1000 g/mol. The Morgan fingerprint density at radius 3 is 1.04 bits per heavy atom. The van der Waals surface area contributed by atoms with Crippen molar-refractivity contribution >= 4 is 19.8 Å². The molecule has 0 amide bonds. The average Bonchev–Trinajstić information content (AvgIpc) is 3.44. The van der Waals surface area contributed by atoms with Gasteiger partial charge in [0, 0.05) is 19.4 Å². The number of phosphoric ester groups is 1. The van der Waals surface area contributed by atoms with Crippen molar-refractivity contribution < 1.29 is 37.6 Å². The third-order valence-electron chi connectivity index (χ3n) is 15.2. The number of esters is 2. The van der Waals surface area contributed by atoms with Crippen LogP contribution in [0.3, 0.4) is 0 Å². The molecular formula is C69H130NO8P. The van der Waals surface area contributed by atoms with Crippen LogP contribution in [-0.4, -0.2) is 49.3 Å². The number of ether oxygens (including phenoxy) is 2. The first-order valence-electron chi connectivity index (χ1n) is 34.1. The van der Waals surface area contributed by atoms with Gasteiger partial charge in [-0.2, -0.15) is 0 Å². The van der Waals surface area contributed by atoms with Crippen molar-refractivity contribution in [2.45, 2.75) is 354 Å². The fourth-order valence-corrected chi connectivity index (χ4v) is 11.0. The highest BCUT2D eigenvalue weighted by Crippen LogP contribution is 2.43. The summed E-state index contributed by atoms with van der Waals surface area (Å²) in [6, 6.07) is 0. The van der Waals surface area contributed by atoms with Crippen LogP contribution in [0.2, 0.25) is 0 Å². The lowest BCUT2D eigenvalue weighted by Crippen LogP contribution is -2.29. The first-order chi connectivity index (χ1) is 38.8. The Morgan fingerprint density at radius 1 is 0.392 bits per heavy atom. The van der Waals surface area contributed by atoms with Crippen LogP contribution in [0.5, 0.6) is 0 Å². The maximum atomic E-state index is 12.8. The van der Waals surface area contributed by atoms with Crippen LogP contribution < -0.4 is 5.73 Å². The largest absolute Gasteiger partial charge is 0.472 e. The molecule has 2 atom stereocenters. The summed E-state index contributed by atoms with van der Waals surface area (Å²) < 4.78 is 33.2. The number of allylic oxidation sites excluding steroid dienone is 8. The van der Waals surface area contributed by atoms with Gasteiger partial charge < -0.3 is 20.1 Å². The highest BCUT2D eigenvalue weighted by Gasteiger charge is 2.26. The lowest BCUT2D eigenvalue weighted by molar-refractivity contribution is -0.161. The van der Waals surface area contributed by atoms with E-state index in [1.54, 1.807) is 0 Å². The van der Waals surface area contributed by atoms with Gasteiger partial charge in [0.2, 0.25) is 0 Å². The zero-order chi connectivity index (χ0) is 57.3. The van der Waals surface area contributed by atoms with Crippen molar-refractivity contribution in [3.8, 4) is 0 Å². The number of unbranched alkanes of at least 4 members (excludes halogenated alkanes) is 44. The third-order valence-corrected chi connectivity index (χ3v) is 16.2. The minimum Gasteiger partial charge on any atom is -0.462 e. The van der Waals surface area contributed by atoms with E-state index in [1.165, 1.54) is 257 Å². The van der Waals surface area contributed by atoms with E-state index in [2.05, 4.69) is 62.5 Å². The molecule has 0 aliphatic carbocycles. The zero-order valence-electron chi connectivity index (χ0n) is 52.1. The highest BCUT2D eigenvalue weighted by atomic mass is 31.2. The molecule has 464 valence electrons. The Balaban J connectivity index is 3.79. The summed E-state index contributed by atoms with van der Waals surface area (Å²) >= 11 is 0. The van der Waals surface area contributed by atoms with Gasteiger partial charge in [0.25, 0.3) is 0 Å². The van der Waals surface area contributed by atoms with Gasteiger partial charge >= 0.3 is 19.8 Å². The first-order valence-corrected chi connectivity index (χ1v) is 35.6. The van der Waals surface area contributed by atoms with Crippen LogP contribution in [0.1, 0.15) is 348 Å². The van der Waals surface area contributed by atoms with Crippen LogP contribution in [0.4, 0.5) is 0 Å². The highest BCUT2D eigenvalue weighted by molar-refractivity contribution is 7.47. The number of hydrogen-bond donors (Lipinski definition) is 2. The van der Waals surface area contributed by atoms with E-state index in [-0.39, 0.29) is 38.6 Å². The summed E-state index contributed by atoms with van der Waals surface area (Å²) in [5, 5.41) is 0. The van der Waals surface area contributed by atoms with Crippen molar-refractivity contribution in [3.63, 3.8) is 0 Å². The summed E-state index contributed by atoms with van der Waals surface area (Å²) in [6.07, 6.45) is 82.1. The molecule has 0 fully saturated rings. The fraction of sp³-hybridized carbons (Fsp3) is 0.855. The Kier molecular flexibility index (Phi) is 63.5. The van der Waals surface area contributed by atoms with Crippen molar-refractivity contribution in [3.05, 3.63) is 48.6 Å². The van der Waals surface area contributed by atoms with Gasteiger partial charge in [0.05, 0.1) is 13.2 Å². The van der Waals surface area contributed by atoms with E-state index in [1.807, 2.05) is 0 Å². The molecule has 0 saturated carbocycles. The van der Waals surface area contributed by atoms with Crippen LogP contribution in [-0.2, 0) is 32.7 Å². The Bertz CT molecular complexity index is 1430. The second kappa shape index (κ2) is 65.1. The monoisotopic (exact) mass is 1130 g/mol. The van der Waals surface area contributed by atoms with Gasteiger partial charge in [-0.3, -0.25) is 18.6 Å². The van der Waals surface area contributed by atoms with Gasteiger partial charge in [-0.25, -0.2) is 4.57 Å². The smallest absolute Gasteiger partial charge is 0.462 e. The van der Waals surface area contributed by atoms with Crippen molar-refractivity contribution in [2.75, 3.05) is 26.4 Å². The number of rotatable bonds is 65. The van der Waals surface area contributed by atoms with Crippen LogP contribution in [0.25, 0.3) is 0 Å². The minimum absolute atomic E-state index is 0.0564. The second-order valence-corrected chi connectivity index (χ2v) is 24.5. The number of phosphoric acid groups is 1. The average molecular weight is 1130 g/mol. The maximum absolute atomic E-state index is 12.8. The van der Waals surface area contributed by atoms with E-state index in [4.69, 9.17) is 24.3 Å². The van der Waals surface area contributed by atoms with Gasteiger partial charge in [-0.15, -0.1) is 0 Å². The third kappa shape index (κ3) is 65.0. The molecule has 10 heteroatoms. The van der Waals surface area contributed by atoms with Crippen molar-refractivity contribution in [2.24, 2.45) is 5.73 Å².